The van der Waals surface area contributed by atoms with Crippen molar-refractivity contribution in [1.82, 2.24) is 10.6 Å². The van der Waals surface area contributed by atoms with Gasteiger partial charge in [0.1, 0.15) is 5.78 Å². The molecule has 12 heteroatoms. The van der Waals surface area contributed by atoms with Crippen LogP contribution >= 0.6 is 0 Å². The van der Waals surface area contributed by atoms with Crippen LogP contribution in [0.25, 0.3) is 0 Å². The number of rotatable bonds is 2. The Hall–Kier alpha value is -3.53. The van der Waals surface area contributed by atoms with E-state index in [0.29, 0.717) is 0 Å². The molecule has 0 spiro atoms. The Bertz CT molecular complexity index is 592. The lowest BCUT2D eigenvalue weighted by Crippen LogP contribution is -2.11. The van der Waals surface area contributed by atoms with Crippen LogP contribution in [0, 0.1) is 11.8 Å². The van der Waals surface area contributed by atoms with Crippen molar-refractivity contribution in [1.29, 1.82) is 0 Å². The van der Waals surface area contributed by atoms with E-state index >= 15 is 0 Å². The van der Waals surface area contributed by atoms with Gasteiger partial charge in [0, 0.05) is 83.4 Å². The van der Waals surface area contributed by atoms with E-state index in [0.717, 1.165) is 13.2 Å². The first-order chi connectivity index (χ1) is 21.8. The van der Waals surface area contributed by atoms with Gasteiger partial charge in [0.15, 0.2) is 0 Å². The fourth-order valence-corrected chi connectivity index (χ4v) is 0. The van der Waals surface area contributed by atoms with Crippen molar-refractivity contribution in [3.63, 3.8) is 0 Å². The number of methoxy groups -OCH3 is 5. The molecule has 0 heterocycles. The summed E-state index contributed by atoms with van der Waals surface area (Å²) in [5, 5.41) is 4.78. The molecule has 0 aromatic carbocycles. The van der Waals surface area contributed by atoms with Crippen LogP contribution < -0.4 is 10.6 Å². The molecule has 2 amide bonds. The van der Waals surface area contributed by atoms with Gasteiger partial charge in [-0.1, -0.05) is 39.2 Å². The largest absolute Gasteiger partial charge is 0.469 e. The zero-order chi connectivity index (χ0) is 40.5. The van der Waals surface area contributed by atoms with Crippen LogP contribution in [0.3, 0.4) is 0 Å². The molecule has 302 valence electrons. The molecular weight excluding hydrogens is 632 g/mol. The number of allylic oxidation sites excluding steroid dienone is 4. The van der Waals surface area contributed by atoms with E-state index in [1.54, 1.807) is 42.5 Å². The van der Waals surface area contributed by atoms with E-state index in [4.69, 9.17) is 0 Å². The average molecular weight is 717 g/mol. The third kappa shape index (κ3) is 894. The zero-order valence-electron chi connectivity index (χ0n) is 34.3. The number of esters is 2. The summed E-state index contributed by atoms with van der Waals surface area (Å²) in [6.07, 6.45) is 8.00. The first-order valence-electron chi connectivity index (χ1n) is 14.6. The maximum atomic E-state index is 9.70. The summed E-state index contributed by atoms with van der Waals surface area (Å²) in [6, 6.07) is 0. The van der Waals surface area contributed by atoms with Gasteiger partial charge in [0.25, 0.3) is 0 Å². The first-order valence-corrected chi connectivity index (χ1v) is 14.6. The second-order valence-corrected chi connectivity index (χ2v) is 7.31. The minimum absolute atomic E-state index is 0. The van der Waals surface area contributed by atoms with Crippen molar-refractivity contribution in [2.45, 2.75) is 112 Å². The number of nitrogens with one attached hydrogen (secondary N) is 2. The van der Waals surface area contributed by atoms with Crippen molar-refractivity contribution >= 4 is 29.5 Å². The van der Waals surface area contributed by atoms with Crippen LogP contribution in [0.15, 0.2) is 24.3 Å². The van der Waals surface area contributed by atoms with Crippen molar-refractivity contribution in [3.8, 4) is 11.8 Å². The highest BCUT2D eigenvalue weighted by Crippen LogP contribution is 1.61. The molecule has 12 nitrogen and oxygen atoms in total. The molecule has 0 atom stereocenters. The number of hydrogen-bond donors (Lipinski definition) is 2. The molecule has 0 radical (unpaired) electrons. The molecule has 0 aliphatic heterocycles. The number of carbonyl (C=O) groups excluding carboxylic acids is 5. The van der Waals surface area contributed by atoms with E-state index in [-0.39, 0.29) is 44.4 Å². The molecular formula is C37H84N2O10. The normalized spacial score (nSPS) is 6.73. The molecule has 0 aliphatic rings. The van der Waals surface area contributed by atoms with Gasteiger partial charge in [-0.15, -0.1) is 11.8 Å². The van der Waals surface area contributed by atoms with Crippen LogP contribution in [0.5, 0.6) is 0 Å². The van der Waals surface area contributed by atoms with Crippen molar-refractivity contribution in [2.24, 2.45) is 0 Å². The Kier molecular flexibility index (Phi) is 209. The van der Waals surface area contributed by atoms with E-state index in [1.807, 2.05) is 79.7 Å². The summed E-state index contributed by atoms with van der Waals surface area (Å²) in [5.41, 5.74) is 0. The lowest BCUT2D eigenvalue weighted by atomic mass is 10.6. The molecule has 0 saturated carbocycles. The zero-order valence-corrected chi connectivity index (χ0v) is 34.3. The molecule has 0 rings (SSSR count). The summed E-state index contributed by atoms with van der Waals surface area (Å²) < 4.78 is 21.6. The maximum absolute atomic E-state index is 9.70. The SMILES string of the molecule is C.C.C/C=C/C.C/C=C\C.CC#CC.CC(C)=O.CCOC.CCOC.CNC(C)=O.CNC(C)=O.COC.COC(C)=O.COC(C)=O. The van der Waals surface area contributed by atoms with E-state index in [9.17, 15) is 24.0 Å². The summed E-state index contributed by atoms with van der Waals surface area (Å²) >= 11 is 0. The van der Waals surface area contributed by atoms with Gasteiger partial charge in [0.2, 0.25) is 11.8 Å². The monoisotopic (exact) mass is 717 g/mol. The lowest BCUT2D eigenvalue weighted by Gasteiger charge is -1.80. The highest BCUT2D eigenvalue weighted by atomic mass is 16.5. The van der Waals surface area contributed by atoms with Gasteiger partial charge < -0.3 is 39.1 Å². The molecule has 49 heavy (non-hydrogen) atoms. The van der Waals surface area contributed by atoms with Crippen molar-refractivity contribution in [2.75, 3.05) is 70.0 Å². The summed E-state index contributed by atoms with van der Waals surface area (Å²) in [4.78, 5) is 48.0. The predicted octanol–water partition coefficient (Wildman–Crippen LogP) is 7.49. The Morgan fingerprint density at radius 1 is 0.531 bits per heavy atom. The first kappa shape index (κ1) is 85.3. The quantitative estimate of drug-likeness (QED) is 0.167. The molecule has 0 fully saturated rings. The summed E-state index contributed by atoms with van der Waals surface area (Å²) in [7, 11) is 12.5. The van der Waals surface area contributed by atoms with E-state index in [2.05, 4.69) is 46.2 Å². The fourth-order valence-electron chi connectivity index (χ4n) is 0. The van der Waals surface area contributed by atoms with Crippen LogP contribution in [0.1, 0.15) is 112 Å². The van der Waals surface area contributed by atoms with E-state index < -0.39 is 0 Å². The number of hydrogen-bond acceptors (Lipinski definition) is 10. The molecule has 0 aromatic rings. The molecule has 0 aromatic heterocycles. The van der Waals surface area contributed by atoms with Gasteiger partial charge in [-0.05, 0) is 69.2 Å². The molecule has 0 saturated heterocycles. The van der Waals surface area contributed by atoms with Gasteiger partial charge in [0.05, 0.1) is 14.2 Å². The van der Waals surface area contributed by atoms with E-state index in [1.165, 1.54) is 55.8 Å². The number of ether oxygens (including phenoxy) is 5. The van der Waals surface area contributed by atoms with Gasteiger partial charge in [-0.2, -0.15) is 0 Å². The fraction of sp³-hybridized carbons (Fsp3) is 0.703. The van der Waals surface area contributed by atoms with Crippen molar-refractivity contribution < 1.29 is 47.7 Å². The lowest BCUT2D eigenvalue weighted by molar-refractivity contribution is -0.138. The maximum Gasteiger partial charge on any atom is 0.302 e. The number of amides is 2. The minimum atomic E-state index is -0.245. The molecule has 0 unspecified atom stereocenters. The van der Waals surface area contributed by atoms with Crippen molar-refractivity contribution in [3.05, 3.63) is 24.3 Å². The number of carbonyl (C=O) groups is 5. The Morgan fingerprint density at radius 3 is 0.633 bits per heavy atom. The Labute approximate surface area is 305 Å². The Morgan fingerprint density at radius 2 is 0.633 bits per heavy atom. The molecule has 0 aliphatic carbocycles. The second kappa shape index (κ2) is 120. The van der Waals surface area contributed by atoms with Gasteiger partial charge in [-0.25, -0.2) is 0 Å². The minimum Gasteiger partial charge on any atom is -0.469 e. The van der Waals surface area contributed by atoms with Gasteiger partial charge >= 0.3 is 11.9 Å². The third-order valence-electron chi connectivity index (χ3n) is 2.77. The standard InChI is InChI=1S/2C4H8.C4H6.2C3H7NO.2C3H6O2.2C3H8O.C3H6O.C2H6O.2CH4/c3*1-3-4-2;2*1-3(5)4-2;2*1-3(4)5-2;2*1-3-4-2;1-3(2)4;1-3-2;;/h2*3-4H,1-2H3;1-2H3;2*1-2H3,(H,4,5);2*1-2H3;2*3H2,1-2H3;1-2H3;1-2H3;2*1H4/b4-3+;4-3-;;;;;;;;;;;. The van der Waals surface area contributed by atoms with Crippen LogP contribution in [-0.2, 0) is 47.7 Å². The number of Topliss-reactive ketones (excluding diaryl/α,β-unsaturated/α-hetero) is 1. The Balaban J connectivity index is -0.0000000264. The topological polar surface area (TPSA) is 156 Å². The number of ketones is 1. The van der Waals surface area contributed by atoms with Crippen LogP contribution in [-0.4, -0.2) is 99.5 Å². The van der Waals surface area contributed by atoms with Crippen LogP contribution in [0.2, 0.25) is 0 Å². The highest BCUT2D eigenvalue weighted by Gasteiger charge is 1.76. The molecule has 0 bridgehead atoms. The summed E-state index contributed by atoms with van der Waals surface area (Å²) in [6.45, 7) is 25.9. The third-order valence-corrected chi connectivity index (χ3v) is 2.77. The average Bonchev–Trinajstić information content (AvgIpc) is 3.05. The van der Waals surface area contributed by atoms with Crippen LogP contribution in [0.4, 0.5) is 0 Å². The highest BCUT2D eigenvalue weighted by molar-refractivity contribution is 5.72. The predicted molar refractivity (Wildman–Crippen MR) is 213 cm³/mol. The van der Waals surface area contributed by atoms with Gasteiger partial charge in [-0.3, -0.25) is 19.2 Å². The summed E-state index contributed by atoms with van der Waals surface area (Å²) in [5.74, 6) is 5.05. The molecule has 2 N–H and O–H groups in total. The smallest absolute Gasteiger partial charge is 0.302 e. The second-order valence-electron chi connectivity index (χ2n) is 7.31.